The molecule has 2 heterocycles. The Morgan fingerprint density at radius 1 is 1.23 bits per heavy atom. The Morgan fingerprint density at radius 3 is 2.77 bits per heavy atom. The van der Waals surface area contributed by atoms with Crippen LogP contribution in [0.15, 0.2) is 36.5 Å². The quantitative estimate of drug-likeness (QED) is 0.590. The topological polar surface area (TPSA) is 130 Å². The number of amides is 3. The monoisotopic (exact) mass is 412 g/mol. The van der Waals surface area contributed by atoms with Gasteiger partial charge >= 0.3 is 12.2 Å². The van der Waals surface area contributed by atoms with Crippen LogP contribution in [0.1, 0.15) is 37.8 Å². The Labute approximate surface area is 173 Å². The highest BCUT2D eigenvalue weighted by Gasteiger charge is 2.21. The van der Waals surface area contributed by atoms with Gasteiger partial charge in [0.15, 0.2) is 0 Å². The lowest BCUT2D eigenvalue weighted by Crippen LogP contribution is -2.27. The summed E-state index contributed by atoms with van der Waals surface area (Å²) in [4.78, 5) is 39.9. The minimum atomic E-state index is -1.10. The summed E-state index contributed by atoms with van der Waals surface area (Å²) in [6.45, 7) is 1.83. The number of nitrogens with one attached hydrogen (secondary N) is 3. The number of hydrogen-bond acceptors (Lipinski definition) is 5. The van der Waals surface area contributed by atoms with Crippen LogP contribution >= 0.6 is 0 Å². The number of methoxy groups -OCH3 is 1. The van der Waals surface area contributed by atoms with Gasteiger partial charge in [0.05, 0.1) is 24.5 Å². The summed E-state index contributed by atoms with van der Waals surface area (Å²) in [5.41, 5.74) is 2.99. The van der Waals surface area contributed by atoms with E-state index in [0.717, 1.165) is 5.56 Å². The fourth-order valence-corrected chi connectivity index (χ4v) is 3.41. The molecule has 1 aliphatic heterocycles. The van der Waals surface area contributed by atoms with Crippen molar-refractivity contribution in [1.82, 2.24) is 10.3 Å². The number of pyridine rings is 1. The van der Waals surface area contributed by atoms with E-state index in [4.69, 9.17) is 0 Å². The highest BCUT2D eigenvalue weighted by molar-refractivity contribution is 5.98. The van der Waals surface area contributed by atoms with E-state index in [9.17, 15) is 19.5 Å². The first-order valence-electron chi connectivity index (χ1n) is 9.63. The van der Waals surface area contributed by atoms with Gasteiger partial charge in [-0.15, -0.1) is 0 Å². The predicted octanol–water partition coefficient (Wildman–Crippen LogP) is 3.99. The molecule has 2 aromatic rings. The van der Waals surface area contributed by atoms with Gasteiger partial charge < -0.3 is 20.5 Å². The van der Waals surface area contributed by atoms with Gasteiger partial charge in [-0.25, -0.2) is 9.59 Å². The Bertz CT molecular complexity index is 962. The molecular weight excluding hydrogens is 388 g/mol. The van der Waals surface area contributed by atoms with Gasteiger partial charge in [-0.3, -0.25) is 15.1 Å². The zero-order valence-electron chi connectivity index (χ0n) is 16.8. The fraction of sp³-hybridized carbons (Fsp3) is 0.333. The third-order valence-electron chi connectivity index (χ3n) is 5.05. The highest BCUT2D eigenvalue weighted by atomic mass is 16.5. The second-order valence-corrected chi connectivity index (χ2v) is 7.17. The molecule has 158 valence electrons. The van der Waals surface area contributed by atoms with Gasteiger partial charge in [0.25, 0.3) is 0 Å². The lowest BCUT2D eigenvalue weighted by atomic mass is 9.95. The molecule has 30 heavy (non-hydrogen) atoms. The maximum atomic E-state index is 12.7. The summed E-state index contributed by atoms with van der Waals surface area (Å²) >= 11 is 0. The average molecular weight is 412 g/mol. The third kappa shape index (κ3) is 5.05. The van der Waals surface area contributed by atoms with Crippen LogP contribution in [0.4, 0.5) is 21.0 Å². The van der Waals surface area contributed by atoms with Crippen molar-refractivity contribution in [1.29, 1.82) is 0 Å². The Balaban J connectivity index is 2.08. The average Bonchev–Trinajstić information content (AvgIpc) is 2.72. The van der Waals surface area contributed by atoms with E-state index in [1.165, 1.54) is 7.11 Å². The molecule has 0 saturated carbocycles. The maximum absolute atomic E-state index is 12.7. The number of ether oxygens (including phenoxy) is 1. The van der Waals surface area contributed by atoms with E-state index in [-0.39, 0.29) is 11.8 Å². The van der Waals surface area contributed by atoms with Crippen molar-refractivity contribution in [2.45, 2.75) is 32.2 Å². The standard InChI is InChI=1S/C21H24N4O5/c1-12-4-3-5-16(25-20(27)28)13-8-9-22-17(10-13)15-7-6-14(23-21(29)30-2)11-18(15)24-19(12)26/h6-12,16,25H,3-5H2,1-2H3,(H,23,29)(H,24,26)(H,27,28)/t12-,16+/m1/s1. The molecule has 3 rings (SSSR count). The first-order valence-corrected chi connectivity index (χ1v) is 9.63. The summed E-state index contributed by atoms with van der Waals surface area (Å²) < 4.78 is 4.62. The number of nitrogens with zero attached hydrogens (tertiary/aromatic N) is 1. The number of hydrogen-bond donors (Lipinski definition) is 4. The number of carbonyl (C=O) groups excluding carboxylic acids is 2. The number of carboxylic acid groups (broad SMARTS) is 1. The number of aromatic nitrogens is 1. The molecule has 9 heteroatoms. The maximum Gasteiger partial charge on any atom is 0.411 e. The molecule has 2 atom stereocenters. The van der Waals surface area contributed by atoms with Gasteiger partial charge in [-0.1, -0.05) is 13.3 Å². The van der Waals surface area contributed by atoms with Crippen LogP contribution in [0.2, 0.25) is 0 Å². The normalized spacial score (nSPS) is 18.7. The number of fused-ring (bicyclic) bond motifs is 4. The van der Waals surface area contributed by atoms with Crippen LogP contribution in [-0.2, 0) is 9.53 Å². The van der Waals surface area contributed by atoms with Crippen molar-refractivity contribution in [3.63, 3.8) is 0 Å². The Kier molecular flexibility index (Phi) is 6.51. The smallest absolute Gasteiger partial charge is 0.411 e. The lowest BCUT2D eigenvalue weighted by Gasteiger charge is -2.21. The minimum Gasteiger partial charge on any atom is -0.465 e. The van der Waals surface area contributed by atoms with Crippen LogP contribution in [0.5, 0.6) is 0 Å². The number of rotatable bonds is 2. The molecule has 0 unspecified atom stereocenters. The van der Waals surface area contributed by atoms with Gasteiger partial charge in [0.1, 0.15) is 0 Å². The molecule has 4 N–H and O–H groups in total. The summed E-state index contributed by atoms with van der Waals surface area (Å²) in [7, 11) is 1.27. The molecule has 0 aliphatic carbocycles. The second kappa shape index (κ2) is 9.25. The van der Waals surface area contributed by atoms with Gasteiger partial charge in [0, 0.05) is 23.4 Å². The van der Waals surface area contributed by atoms with Crippen LogP contribution in [0, 0.1) is 5.92 Å². The molecule has 1 aromatic heterocycles. The van der Waals surface area contributed by atoms with Crippen LogP contribution in [0.25, 0.3) is 11.3 Å². The number of carbonyl (C=O) groups is 3. The molecular formula is C21H24N4O5. The summed E-state index contributed by atoms with van der Waals surface area (Å²) in [5.74, 6) is -0.433. The van der Waals surface area contributed by atoms with E-state index in [0.29, 0.717) is 41.9 Å². The SMILES string of the molecule is COC(=O)Nc1ccc2c(c1)NC(=O)[C@H](C)CCC[C@H](NC(=O)O)c1ccnc-2c1. The zero-order valence-corrected chi connectivity index (χ0v) is 16.8. The van der Waals surface area contributed by atoms with E-state index in [1.807, 2.05) is 13.0 Å². The van der Waals surface area contributed by atoms with Crippen LogP contribution in [-0.4, -0.2) is 35.3 Å². The second-order valence-electron chi connectivity index (χ2n) is 7.17. The lowest BCUT2D eigenvalue weighted by molar-refractivity contribution is -0.119. The molecule has 0 spiro atoms. The molecule has 3 amide bonds. The van der Waals surface area contributed by atoms with Crippen molar-refractivity contribution >= 4 is 29.5 Å². The fourth-order valence-electron chi connectivity index (χ4n) is 3.41. The largest absolute Gasteiger partial charge is 0.465 e. The molecule has 0 radical (unpaired) electrons. The first-order chi connectivity index (χ1) is 14.4. The Morgan fingerprint density at radius 2 is 2.03 bits per heavy atom. The molecule has 2 bridgehead atoms. The molecule has 0 saturated heterocycles. The molecule has 9 nitrogen and oxygen atoms in total. The molecule has 1 aromatic carbocycles. The summed E-state index contributed by atoms with van der Waals surface area (Å²) in [5, 5.41) is 17.3. The third-order valence-corrected chi connectivity index (χ3v) is 5.05. The highest BCUT2D eigenvalue weighted by Crippen LogP contribution is 2.33. The number of anilines is 2. The van der Waals surface area contributed by atoms with E-state index in [2.05, 4.69) is 25.7 Å². The van der Waals surface area contributed by atoms with Crippen molar-refractivity contribution < 1.29 is 24.2 Å². The molecule has 1 aliphatic rings. The first kappa shape index (κ1) is 21.1. The van der Waals surface area contributed by atoms with Crippen LogP contribution < -0.4 is 16.0 Å². The van der Waals surface area contributed by atoms with Crippen molar-refractivity contribution in [3.8, 4) is 11.3 Å². The van der Waals surface area contributed by atoms with Crippen LogP contribution in [0.3, 0.4) is 0 Å². The minimum absolute atomic E-state index is 0.161. The van der Waals surface area contributed by atoms with E-state index in [1.54, 1.807) is 30.5 Å². The van der Waals surface area contributed by atoms with Crippen molar-refractivity contribution in [2.24, 2.45) is 5.92 Å². The van der Waals surface area contributed by atoms with Crippen molar-refractivity contribution in [3.05, 3.63) is 42.1 Å². The zero-order chi connectivity index (χ0) is 21.7. The summed E-state index contributed by atoms with van der Waals surface area (Å²) in [6, 6.07) is 8.25. The Hall–Kier alpha value is -3.62. The van der Waals surface area contributed by atoms with E-state index >= 15 is 0 Å². The van der Waals surface area contributed by atoms with Gasteiger partial charge in [-0.2, -0.15) is 0 Å². The number of benzene rings is 1. The van der Waals surface area contributed by atoms with Crippen molar-refractivity contribution in [2.75, 3.05) is 17.7 Å². The summed E-state index contributed by atoms with van der Waals surface area (Å²) in [6.07, 6.45) is 1.75. The van der Waals surface area contributed by atoms with Gasteiger partial charge in [-0.05, 0) is 48.7 Å². The van der Waals surface area contributed by atoms with Gasteiger partial charge in [0.2, 0.25) is 5.91 Å². The predicted molar refractivity (Wildman–Crippen MR) is 111 cm³/mol. The van der Waals surface area contributed by atoms with E-state index < -0.39 is 18.2 Å². The molecule has 0 fully saturated rings.